The number of allylic oxidation sites excluding steroid dienone is 1. The SMILES string of the molecule is CCNC(=O)NCc1ccc([C@H]2C[C@@]3(C)[C@@H](CC[C@@]3(O)C(F)(F)C(F)(F)F)[C@@H]3CC[C@@]4(O)CC5(CCC4=C32)OCC(C)(C)CO5)cc1. The molecule has 1 aliphatic heterocycles. The number of aliphatic hydroxyl groups is 2. The Hall–Kier alpha value is -2.28. The van der Waals surface area contributed by atoms with Gasteiger partial charge in [-0.1, -0.05) is 50.6 Å². The van der Waals surface area contributed by atoms with Crippen LogP contribution in [0.1, 0.15) is 96.1 Å². The van der Waals surface area contributed by atoms with Gasteiger partial charge in [0.25, 0.3) is 0 Å². The summed E-state index contributed by atoms with van der Waals surface area (Å²) in [5.41, 5.74) is -3.28. The van der Waals surface area contributed by atoms with Crippen LogP contribution in [0.25, 0.3) is 0 Å². The fourth-order valence-electron chi connectivity index (χ4n) is 9.58. The predicted octanol–water partition coefficient (Wildman–Crippen LogP) is 6.73. The first-order chi connectivity index (χ1) is 21.8. The lowest BCUT2D eigenvalue weighted by Gasteiger charge is -2.59. The Balaban J connectivity index is 1.40. The molecule has 47 heavy (non-hydrogen) atoms. The first-order valence-corrected chi connectivity index (χ1v) is 16.8. The van der Waals surface area contributed by atoms with Crippen LogP contribution in [0.4, 0.5) is 26.7 Å². The summed E-state index contributed by atoms with van der Waals surface area (Å²) in [5.74, 6) is -7.86. The van der Waals surface area contributed by atoms with Crippen molar-refractivity contribution in [3.05, 3.63) is 46.5 Å². The lowest BCUT2D eigenvalue weighted by Crippen LogP contribution is -2.65. The van der Waals surface area contributed by atoms with Crippen molar-refractivity contribution >= 4 is 6.03 Å². The molecule has 4 fully saturated rings. The Kier molecular flexibility index (Phi) is 8.38. The minimum atomic E-state index is -5.91. The molecule has 1 aromatic rings. The molecule has 0 bridgehead atoms. The summed E-state index contributed by atoms with van der Waals surface area (Å²) < 4.78 is 85.0. The van der Waals surface area contributed by atoms with Gasteiger partial charge >= 0.3 is 18.1 Å². The molecule has 1 heterocycles. The van der Waals surface area contributed by atoms with E-state index in [2.05, 4.69) is 10.6 Å². The maximum atomic E-state index is 15.3. The highest BCUT2D eigenvalue weighted by molar-refractivity contribution is 5.73. The Morgan fingerprint density at radius 1 is 0.957 bits per heavy atom. The zero-order valence-electron chi connectivity index (χ0n) is 27.5. The number of rotatable bonds is 5. The molecule has 1 spiro atoms. The van der Waals surface area contributed by atoms with Crippen LogP contribution < -0.4 is 10.6 Å². The lowest BCUT2D eigenvalue weighted by atomic mass is 9.49. The van der Waals surface area contributed by atoms with Crippen LogP contribution in [0, 0.1) is 22.7 Å². The predicted molar refractivity (Wildman–Crippen MR) is 163 cm³/mol. The number of alkyl halides is 5. The molecular weight excluding hydrogens is 623 g/mol. The van der Waals surface area contributed by atoms with Crippen LogP contribution >= 0.6 is 0 Å². The zero-order valence-corrected chi connectivity index (χ0v) is 27.5. The molecule has 7 nitrogen and oxygen atoms in total. The third kappa shape index (κ3) is 5.49. The minimum absolute atomic E-state index is 0.0287. The number of halogens is 5. The monoisotopic (exact) mass is 670 g/mol. The molecule has 262 valence electrons. The van der Waals surface area contributed by atoms with E-state index in [1.54, 1.807) is 19.1 Å². The summed E-state index contributed by atoms with van der Waals surface area (Å²) in [6.07, 6.45) is -4.84. The third-order valence-electron chi connectivity index (χ3n) is 12.1. The van der Waals surface area contributed by atoms with Crippen LogP contribution in [0.2, 0.25) is 0 Å². The average molecular weight is 671 g/mol. The summed E-state index contributed by atoms with van der Waals surface area (Å²) in [6.45, 7) is 8.97. The Morgan fingerprint density at radius 2 is 1.62 bits per heavy atom. The zero-order chi connectivity index (χ0) is 34.3. The highest BCUT2D eigenvalue weighted by atomic mass is 19.4. The summed E-state index contributed by atoms with van der Waals surface area (Å²) in [7, 11) is 0. The number of urea groups is 1. The second-order valence-corrected chi connectivity index (χ2v) is 15.6. The van der Waals surface area contributed by atoms with E-state index in [4.69, 9.17) is 9.47 Å². The van der Waals surface area contributed by atoms with Gasteiger partial charge in [0.15, 0.2) is 5.79 Å². The molecule has 4 aliphatic carbocycles. The number of amides is 2. The van der Waals surface area contributed by atoms with Crippen LogP contribution in [-0.2, 0) is 16.0 Å². The summed E-state index contributed by atoms with van der Waals surface area (Å²) in [4.78, 5) is 11.9. The number of carbonyl (C=O) groups is 1. The highest BCUT2D eigenvalue weighted by Gasteiger charge is 2.79. The second kappa shape index (κ2) is 11.4. The third-order valence-corrected chi connectivity index (χ3v) is 12.1. The van der Waals surface area contributed by atoms with E-state index >= 15 is 8.78 Å². The van der Waals surface area contributed by atoms with E-state index in [1.807, 2.05) is 26.0 Å². The van der Waals surface area contributed by atoms with Crippen molar-refractivity contribution in [1.29, 1.82) is 0 Å². The quantitative estimate of drug-likeness (QED) is 0.206. The standard InChI is InChI=1S/C35H47F5N2O5/c1-5-41-28(43)42-17-21-6-8-22(9-7-21)24-16-30(4)25(12-15-33(30,45)34(36,37)35(38,39)40)23-10-13-31(44)18-32(14-11-26(31)27(23)24)46-19-29(2,3)20-47-32/h6-9,23-25,44-45H,5,10-20H2,1-4H3,(H2,41,42,43)/t23-,24+,25-,30-,31+,33-/m0/s1. The van der Waals surface area contributed by atoms with E-state index in [0.29, 0.717) is 51.0 Å². The van der Waals surface area contributed by atoms with Gasteiger partial charge in [-0.2, -0.15) is 22.0 Å². The summed E-state index contributed by atoms with van der Waals surface area (Å²) in [6, 6.07) is 6.92. The van der Waals surface area contributed by atoms with Gasteiger partial charge in [0.1, 0.15) is 5.60 Å². The number of hydrogen-bond acceptors (Lipinski definition) is 5. The van der Waals surface area contributed by atoms with Crippen molar-refractivity contribution in [2.45, 2.75) is 121 Å². The van der Waals surface area contributed by atoms with Gasteiger partial charge < -0.3 is 30.3 Å². The van der Waals surface area contributed by atoms with E-state index in [9.17, 15) is 28.2 Å². The molecular formula is C35H47F5N2O5. The van der Waals surface area contributed by atoms with E-state index in [1.165, 1.54) is 6.92 Å². The number of nitrogens with one attached hydrogen (secondary N) is 2. The fraction of sp³-hybridized carbons (Fsp3) is 0.743. The normalized spacial score (nSPS) is 36.4. The number of benzene rings is 1. The van der Waals surface area contributed by atoms with Crippen molar-refractivity contribution < 1.29 is 46.4 Å². The molecule has 0 aromatic heterocycles. The van der Waals surface area contributed by atoms with Gasteiger partial charge in [0.05, 0.1) is 18.8 Å². The van der Waals surface area contributed by atoms with Crippen LogP contribution in [-0.4, -0.2) is 65.1 Å². The van der Waals surface area contributed by atoms with E-state index in [-0.39, 0.29) is 43.2 Å². The lowest BCUT2D eigenvalue weighted by molar-refractivity contribution is -0.362. The van der Waals surface area contributed by atoms with Gasteiger partial charge in [0, 0.05) is 42.7 Å². The molecule has 0 unspecified atom stereocenters. The summed E-state index contributed by atoms with van der Waals surface area (Å²) >= 11 is 0. The largest absolute Gasteiger partial charge is 0.456 e. The molecule has 6 atom stereocenters. The van der Waals surface area contributed by atoms with Gasteiger partial charge in [0.2, 0.25) is 0 Å². The molecule has 0 radical (unpaired) electrons. The molecule has 1 saturated heterocycles. The molecule has 12 heteroatoms. The fourth-order valence-corrected chi connectivity index (χ4v) is 9.58. The van der Waals surface area contributed by atoms with Crippen molar-refractivity contribution in [1.82, 2.24) is 10.6 Å². The number of carbonyl (C=O) groups excluding carboxylic acids is 1. The second-order valence-electron chi connectivity index (χ2n) is 15.6. The van der Waals surface area contributed by atoms with Crippen LogP contribution in [0.15, 0.2) is 35.4 Å². The average Bonchev–Trinajstić information content (AvgIpc) is 3.28. The molecule has 3 saturated carbocycles. The molecule has 4 N–H and O–H groups in total. The maximum absolute atomic E-state index is 15.3. The van der Waals surface area contributed by atoms with Crippen molar-refractivity contribution in [3.63, 3.8) is 0 Å². The van der Waals surface area contributed by atoms with Gasteiger partial charge in [-0.05, 0) is 74.0 Å². The van der Waals surface area contributed by atoms with Crippen LogP contribution in [0.5, 0.6) is 0 Å². The molecule has 1 aromatic carbocycles. The van der Waals surface area contributed by atoms with Crippen molar-refractivity contribution in [2.24, 2.45) is 22.7 Å². The van der Waals surface area contributed by atoms with Gasteiger partial charge in [-0.15, -0.1) is 0 Å². The first kappa shape index (κ1) is 34.6. The maximum Gasteiger partial charge on any atom is 0.456 e. The van der Waals surface area contributed by atoms with E-state index < -0.39 is 52.8 Å². The van der Waals surface area contributed by atoms with Crippen molar-refractivity contribution in [3.8, 4) is 0 Å². The molecule has 6 rings (SSSR count). The van der Waals surface area contributed by atoms with Crippen LogP contribution in [0.3, 0.4) is 0 Å². The molecule has 2 amide bonds. The van der Waals surface area contributed by atoms with E-state index in [0.717, 1.165) is 16.7 Å². The number of hydrogen-bond donors (Lipinski definition) is 4. The highest BCUT2D eigenvalue weighted by Crippen LogP contribution is 2.71. The first-order valence-electron chi connectivity index (χ1n) is 16.8. The Morgan fingerprint density at radius 3 is 2.23 bits per heavy atom. The Labute approximate surface area is 272 Å². The summed E-state index contributed by atoms with van der Waals surface area (Å²) in [5, 5.41) is 29.3. The number of ether oxygens (including phenoxy) is 2. The van der Waals surface area contributed by atoms with Crippen molar-refractivity contribution in [2.75, 3.05) is 19.8 Å². The van der Waals surface area contributed by atoms with Gasteiger partial charge in [-0.3, -0.25) is 0 Å². The topological polar surface area (TPSA) is 100 Å². The Bertz CT molecular complexity index is 1400. The molecule has 5 aliphatic rings. The number of fused-ring (bicyclic) bond motifs is 4. The minimum Gasteiger partial charge on any atom is -0.385 e. The van der Waals surface area contributed by atoms with Gasteiger partial charge in [-0.25, -0.2) is 4.79 Å². The smallest absolute Gasteiger partial charge is 0.385 e.